The lowest BCUT2D eigenvalue weighted by Crippen LogP contribution is -2.24. The fraction of sp³-hybridized carbons (Fsp3) is 0.818. The van der Waals surface area contributed by atoms with Gasteiger partial charge in [-0.15, -0.1) is 0 Å². The SMILES string of the molecule is OC12CC=C(CCCCCC1)C2. The monoisotopic (exact) mass is 166 g/mol. The molecule has 2 bridgehead atoms. The first-order chi connectivity index (χ1) is 5.79. The average Bonchev–Trinajstić information content (AvgIpc) is 2.44. The second-order valence-corrected chi connectivity index (χ2v) is 4.38. The normalized spacial score (nSPS) is 36.6. The topological polar surface area (TPSA) is 20.2 Å². The van der Waals surface area contributed by atoms with Crippen molar-refractivity contribution in [3.8, 4) is 0 Å². The molecule has 1 atom stereocenters. The van der Waals surface area contributed by atoms with E-state index < -0.39 is 0 Å². The van der Waals surface area contributed by atoms with Crippen molar-refractivity contribution in [2.45, 2.75) is 57.0 Å². The number of fused-ring (bicyclic) bond motifs is 2. The quantitative estimate of drug-likeness (QED) is 0.549. The van der Waals surface area contributed by atoms with Gasteiger partial charge in [0.25, 0.3) is 0 Å². The van der Waals surface area contributed by atoms with Crippen molar-refractivity contribution in [1.29, 1.82) is 0 Å². The van der Waals surface area contributed by atoms with E-state index in [9.17, 15) is 5.11 Å². The Labute approximate surface area is 74.5 Å². The van der Waals surface area contributed by atoms with Crippen LogP contribution in [0.4, 0.5) is 0 Å². The van der Waals surface area contributed by atoms with Crippen molar-refractivity contribution < 1.29 is 5.11 Å². The zero-order valence-corrected chi connectivity index (χ0v) is 7.68. The minimum Gasteiger partial charge on any atom is -0.389 e. The van der Waals surface area contributed by atoms with Crippen LogP contribution >= 0.6 is 0 Å². The average molecular weight is 166 g/mol. The number of hydrogen-bond acceptors (Lipinski definition) is 1. The van der Waals surface area contributed by atoms with Crippen LogP contribution < -0.4 is 0 Å². The molecule has 0 spiro atoms. The standard InChI is InChI=1S/C11H18O/c12-11-7-4-2-1-3-5-10(9-11)6-8-11/h6,12H,1-5,7-9H2. The van der Waals surface area contributed by atoms with Crippen LogP contribution in [0, 0.1) is 0 Å². The van der Waals surface area contributed by atoms with Crippen LogP contribution in [0.2, 0.25) is 0 Å². The zero-order chi connectivity index (χ0) is 8.44. The Balaban J connectivity index is 2.04. The fourth-order valence-corrected chi connectivity index (χ4v) is 2.44. The van der Waals surface area contributed by atoms with Crippen LogP contribution in [-0.4, -0.2) is 10.7 Å². The molecular weight excluding hydrogens is 148 g/mol. The second kappa shape index (κ2) is 3.21. The van der Waals surface area contributed by atoms with E-state index in [2.05, 4.69) is 6.08 Å². The van der Waals surface area contributed by atoms with Gasteiger partial charge < -0.3 is 5.11 Å². The molecule has 1 unspecified atom stereocenters. The van der Waals surface area contributed by atoms with Crippen molar-refractivity contribution in [1.82, 2.24) is 0 Å². The first-order valence-corrected chi connectivity index (χ1v) is 5.19. The van der Waals surface area contributed by atoms with Gasteiger partial charge in [-0.25, -0.2) is 0 Å². The van der Waals surface area contributed by atoms with Gasteiger partial charge in [0.05, 0.1) is 5.60 Å². The summed E-state index contributed by atoms with van der Waals surface area (Å²) in [6.45, 7) is 0. The van der Waals surface area contributed by atoms with Crippen LogP contribution in [0.3, 0.4) is 0 Å². The van der Waals surface area contributed by atoms with E-state index in [4.69, 9.17) is 0 Å². The van der Waals surface area contributed by atoms with E-state index >= 15 is 0 Å². The zero-order valence-electron chi connectivity index (χ0n) is 7.68. The summed E-state index contributed by atoms with van der Waals surface area (Å²) in [5.41, 5.74) is 1.18. The fourth-order valence-electron chi connectivity index (χ4n) is 2.44. The summed E-state index contributed by atoms with van der Waals surface area (Å²) in [6, 6.07) is 0. The van der Waals surface area contributed by atoms with Gasteiger partial charge in [-0.3, -0.25) is 0 Å². The number of aliphatic hydroxyl groups is 1. The van der Waals surface area contributed by atoms with Gasteiger partial charge >= 0.3 is 0 Å². The molecule has 0 aromatic heterocycles. The minimum absolute atomic E-state index is 0.334. The Morgan fingerprint density at radius 3 is 2.92 bits per heavy atom. The highest BCUT2D eigenvalue weighted by Crippen LogP contribution is 2.37. The van der Waals surface area contributed by atoms with Gasteiger partial charge in [-0.2, -0.15) is 0 Å². The molecule has 0 radical (unpaired) electrons. The Bertz CT molecular complexity index is 195. The Kier molecular flexibility index (Phi) is 2.22. The van der Waals surface area contributed by atoms with Crippen molar-refractivity contribution in [2.24, 2.45) is 0 Å². The predicted octanol–water partition coefficient (Wildman–Crippen LogP) is 2.79. The third-order valence-corrected chi connectivity index (χ3v) is 3.22. The number of hydrogen-bond donors (Lipinski definition) is 1. The molecule has 0 aromatic carbocycles. The first-order valence-electron chi connectivity index (χ1n) is 5.19. The molecule has 0 amide bonds. The van der Waals surface area contributed by atoms with E-state index in [-0.39, 0.29) is 5.60 Å². The van der Waals surface area contributed by atoms with Gasteiger partial charge in [0, 0.05) is 0 Å². The Morgan fingerprint density at radius 1 is 1.17 bits per heavy atom. The van der Waals surface area contributed by atoms with E-state index in [1.165, 1.54) is 37.7 Å². The second-order valence-electron chi connectivity index (χ2n) is 4.38. The van der Waals surface area contributed by atoms with Crippen molar-refractivity contribution >= 4 is 0 Å². The van der Waals surface area contributed by atoms with Crippen LogP contribution in [0.25, 0.3) is 0 Å². The molecule has 1 fully saturated rings. The molecule has 68 valence electrons. The number of rotatable bonds is 0. The Hall–Kier alpha value is -0.300. The highest BCUT2D eigenvalue weighted by Gasteiger charge is 2.31. The molecule has 0 aliphatic heterocycles. The smallest absolute Gasteiger partial charge is 0.0719 e. The molecule has 1 nitrogen and oxygen atoms in total. The molecule has 1 N–H and O–H groups in total. The summed E-state index contributed by atoms with van der Waals surface area (Å²) in [7, 11) is 0. The van der Waals surface area contributed by atoms with Gasteiger partial charge in [-0.05, 0) is 32.1 Å². The summed E-state index contributed by atoms with van der Waals surface area (Å²) in [5.74, 6) is 0. The highest BCUT2D eigenvalue weighted by atomic mass is 16.3. The van der Waals surface area contributed by atoms with E-state index in [1.807, 2.05) is 0 Å². The molecule has 0 saturated heterocycles. The maximum absolute atomic E-state index is 10.1. The van der Waals surface area contributed by atoms with E-state index in [0.29, 0.717) is 0 Å². The molecule has 2 rings (SSSR count). The largest absolute Gasteiger partial charge is 0.389 e. The lowest BCUT2D eigenvalue weighted by atomic mass is 9.93. The summed E-state index contributed by atoms with van der Waals surface area (Å²) >= 11 is 0. The van der Waals surface area contributed by atoms with Crippen LogP contribution in [0.15, 0.2) is 11.6 Å². The Morgan fingerprint density at radius 2 is 2.00 bits per heavy atom. The molecule has 1 heteroatoms. The molecule has 0 heterocycles. The molecule has 0 aromatic rings. The van der Waals surface area contributed by atoms with Crippen molar-refractivity contribution in [3.63, 3.8) is 0 Å². The van der Waals surface area contributed by atoms with Gasteiger partial charge in [0.1, 0.15) is 0 Å². The maximum Gasteiger partial charge on any atom is 0.0719 e. The minimum atomic E-state index is -0.334. The first kappa shape index (κ1) is 8.31. The highest BCUT2D eigenvalue weighted by molar-refractivity contribution is 5.16. The third kappa shape index (κ3) is 1.71. The molecular formula is C11H18O. The summed E-state index contributed by atoms with van der Waals surface area (Å²) in [5, 5.41) is 10.1. The molecule has 2 aliphatic rings. The summed E-state index contributed by atoms with van der Waals surface area (Å²) in [4.78, 5) is 0. The molecule has 12 heavy (non-hydrogen) atoms. The predicted molar refractivity (Wildman–Crippen MR) is 50.0 cm³/mol. The maximum atomic E-state index is 10.1. The van der Waals surface area contributed by atoms with E-state index in [0.717, 1.165) is 19.3 Å². The van der Waals surface area contributed by atoms with E-state index in [1.54, 1.807) is 0 Å². The van der Waals surface area contributed by atoms with Crippen molar-refractivity contribution in [3.05, 3.63) is 11.6 Å². The van der Waals surface area contributed by atoms with Crippen molar-refractivity contribution in [2.75, 3.05) is 0 Å². The van der Waals surface area contributed by atoms with Gasteiger partial charge in [0.15, 0.2) is 0 Å². The summed E-state index contributed by atoms with van der Waals surface area (Å²) < 4.78 is 0. The third-order valence-electron chi connectivity index (χ3n) is 3.22. The molecule has 1 saturated carbocycles. The molecule has 2 aliphatic carbocycles. The van der Waals surface area contributed by atoms with Gasteiger partial charge in [0.2, 0.25) is 0 Å². The summed E-state index contributed by atoms with van der Waals surface area (Å²) in [6.07, 6.45) is 11.6. The van der Waals surface area contributed by atoms with Crippen LogP contribution in [0.1, 0.15) is 51.4 Å². The lowest BCUT2D eigenvalue weighted by molar-refractivity contribution is 0.0411. The van der Waals surface area contributed by atoms with Crippen LogP contribution in [0.5, 0.6) is 0 Å². The van der Waals surface area contributed by atoms with Gasteiger partial charge in [-0.1, -0.05) is 30.9 Å². The van der Waals surface area contributed by atoms with Crippen LogP contribution in [-0.2, 0) is 0 Å². The lowest BCUT2D eigenvalue weighted by Gasteiger charge is -2.21.